The lowest BCUT2D eigenvalue weighted by Gasteiger charge is -2.08. The fourth-order valence-electron chi connectivity index (χ4n) is 2.89. The summed E-state index contributed by atoms with van der Waals surface area (Å²) < 4.78 is 0. The van der Waals surface area contributed by atoms with Crippen LogP contribution in [0.3, 0.4) is 0 Å². The maximum atomic E-state index is 12.0. The van der Waals surface area contributed by atoms with Crippen LogP contribution in [0.1, 0.15) is 31.2 Å². The van der Waals surface area contributed by atoms with Gasteiger partial charge in [0.15, 0.2) is 0 Å². The van der Waals surface area contributed by atoms with E-state index in [4.69, 9.17) is 0 Å². The van der Waals surface area contributed by atoms with Crippen LogP contribution in [0.25, 0.3) is 10.9 Å². The summed E-state index contributed by atoms with van der Waals surface area (Å²) in [5, 5.41) is 7.56. The monoisotopic (exact) mass is 334 g/mol. The second-order valence-corrected chi connectivity index (χ2v) is 7.01. The Morgan fingerprint density at radius 1 is 1.20 bits per heavy atom. The summed E-state index contributed by atoms with van der Waals surface area (Å²) in [7, 11) is 0. The topological polar surface area (TPSA) is 69.8 Å². The van der Waals surface area contributed by atoms with Crippen LogP contribution in [0.5, 0.6) is 0 Å². The average Bonchev–Trinajstić information content (AvgIpc) is 3.26. The molecule has 0 saturated heterocycles. The molecule has 0 radical (unpaired) electrons. The summed E-state index contributed by atoms with van der Waals surface area (Å²) >= 11 is 0. The van der Waals surface area contributed by atoms with Crippen LogP contribution < -0.4 is 10.6 Å². The summed E-state index contributed by atoms with van der Waals surface area (Å²) in [4.78, 5) is 19.8. The number of rotatable bonds is 6. The molecule has 1 saturated carbocycles. The fraction of sp³-hybridized carbons (Fsp3) is 0.300. The first-order valence-corrected chi connectivity index (χ1v) is 8.66. The van der Waals surface area contributed by atoms with Gasteiger partial charge in [-0.15, -0.1) is 0 Å². The highest BCUT2D eigenvalue weighted by atomic mass is 16.2. The number of carbonyl (C=O) groups excluding carboxylic acids is 1. The Morgan fingerprint density at radius 3 is 2.84 bits per heavy atom. The first-order chi connectivity index (χ1) is 12.1. The lowest BCUT2D eigenvalue weighted by molar-refractivity contribution is -0.125. The molecular formula is C20H22N4O. The van der Waals surface area contributed by atoms with Gasteiger partial charge in [-0.25, -0.2) is 0 Å². The van der Waals surface area contributed by atoms with Crippen molar-refractivity contribution < 1.29 is 4.79 Å². The predicted molar refractivity (Wildman–Crippen MR) is 99.1 cm³/mol. The van der Waals surface area contributed by atoms with Gasteiger partial charge in [0.25, 0.3) is 0 Å². The van der Waals surface area contributed by atoms with Crippen molar-refractivity contribution in [2.75, 3.05) is 5.32 Å². The lowest BCUT2D eigenvalue weighted by atomic mass is 10.1. The van der Waals surface area contributed by atoms with E-state index in [0.29, 0.717) is 13.1 Å². The molecule has 3 N–H and O–H groups in total. The number of pyridine rings is 1. The first kappa shape index (κ1) is 15.7. The Bertz CT molecular complexity index is 896. The molecule has 0 spiro atoms. The van der Waals surface area contributed by atoms with Crippen molar-refractivity contribution in [1.82, 2.24) is 15.3 Å². The number of nitrogens with zero attached hydrogens (tertiary/aromatic N) is 1. The Kier molecular flexibility index (Phi) is 3.92. The number of H-pyrrole nitrogens is 1. The molecule has 0 bridgehead atoms. The summed E-state index contributed by atoms with van der Waals surface area (Å²) in [6.45, 7) is 3.25. The second kappa shape index (κ2) is 6.24. The van der Waals surface area contributed by atoms with Crippen molar-refractivity contribution in [3.8, 4) is 0 Å². The summed E-state index contributed by atoms with van der Waals surface area (Å²) in [6, 6.07) is 14.2. The van der Waals surface area contributed by atoms with Gasteiger partial charge in [0.2, 0.25) is 5.91 Å². The number of amides is 1. The smallest absolute Gasteiger partial charge is 0.226 e. The van der Waals surface area contributed by atoms with Crippen LogP contribution >= 0.6 is 0 Å². The molecule has 1 amide bonds. The maximum absolute atomic E-state index is 12.0. The van der Waals surface area contributed by atoms with Crippen molar-refractivity contribution in [2.45, 2.75) is 32.9 Å². The van der Waals surface area contributed by atoms with E-state index in [1.807, 2.05) is 25.1 Å². The molecule has 25 heavy (non-hydrogen) atoms. The van der Waals surface area contributed by atoms with Gasteiger partial charge in [-0.2, -0.15) is 0 Å². The van der Waals surface area contributed by atoms with Crippen LogP contribution in [-0.4, -0.2) is 15.9 Å². The molecule has 3 aromatic rings. The van der Waals surface area contributed by atoms with Gasteiger partial charge in [-0.3, -0.25) is 9.78 Å². The van der Waals surface area contributed by atoms with E-state index in [2.05, 4.69) is 44.9 Å². The zero-order chi connectivity index (χ0) is 17.3. The fourth-order valence-corrected chi connectivity index (χ4v) is 2.89. The van der Waals surface area contributed by atoms with Gasteiger partial charge in [0.1, 0.15) is 0 Å². The first-order valence-electron chi connectivity index (χ1n) is 8.66. The second-order valence-electron chi connectivity index (χ2n) is 7.01. The minimum atomic E-state index is -0.130. The molecule has 0 aliphatic heterocycles. The Hall–Kier alpha value is -2.82. The van der Waals surface area contributed by atoms with Gasteiger partial charge in [-0.1, -0.05) is 19.1 Å². The summed E-state index contributed by atoms with van der Waals surface area (Å²) in [6.07, 6.45) is 3.79. The molecule has 5 nitrogen and oxygen atoms in total. The number of anilines is 1. The maximum Gasteiger partial charge on any atom is 0.226 e. The van der Waals surface area contributed by atoms with Gasteiger partial charge >= 0.3 is 0 Å². The molecule has 1 aromatic carbocycles. The minimum Gasteiger partial charge on any atom is -0.379 e. The molecule has 1 aliphatic carbocycles. The molecule has 0 unspecified atom stereocenters. The average molecular weight is 334 g/mol. The SMILES string of the molecule is CC1(C(=O)NCc2cc3ccc(NCc4ccccn4)cc3[nH]2)CC1. The van der Waals surface area contributed by atoms with Crippen molar-refractivity contribution in [2.24, 2.45) is 5.41 Å². The van der Waals surface area contributed by atoms with Gasteiger partial charge in [0, 0.05) is 28.5 Å². The van der Waals surface area contributed by atoms with Crippen LogP contribution in [0, 0.1) is 5.41 Å². The van der Waals surface area contributed by atoms with Crippen molar-refractivity contribution in [1.29, 1.82) is 0 Å². The van der Waals surface area contributed by atoms with E-state index in [1.54, 1.807) is 6.20 Å². The van der Waals surface area contributed by atoms with Gasteiger partial charge < -0.3 is 15.6 Å². The zero-order valence-corrected chi connectivity index (χ0v) is 14.3. The van der Waals surface area contributed by atoms with Crippen LogP contribution in [0.4, 0.5) is 5.69 Å². The van der Waals surface area contributed by atoms with Crippen molar-refractivity contribution in [3.63, 3.8) is 0 Å². The predicted octanol–water partition coefficient (Wildman–Crippen LogP) is 3.59. The quantitative estimate of drug-likeness (QED) is 0.645. The third-order valence-corrected chi connectivity index (χ3v) is 4.87. The molecule has 4 rings (SSSR count). The number of benzene rings is 1. The summed E-state index contributed by atoms with van der Waals surface area (Å²) in [5.74, 6) is 0.156. The van der Waals surface area contributed by atoms with Crippen LogP contribution in [-0.2, 0) is 17.9 Å². The van der Waals surface area contributed by atoms with Gasteiger partial charge in [-0.05, 0) is 48.6 Å². The number of aromatic amines is 1. The molecule has 0 atom stereocenters. The van der Waals surface area contributed by atoms with E-state index >= 15 is 0 Å². The molecule has 5 heteroatoms. The highest BCUT2D eigenvalue weighted by Crippen LogP contribution is 2.45. The molecular weight excluding hydrogens is 312 g/mol. The Balaban J connectivity index is 1.41. The van der Waals surface area contributed by atoms with E-state index in [1.165, 1.54) is 0 Å². The highest BCUT2D eigenvalue weighted by molar-refractivity contribution is 5.86. The van der Waals surface area contributed by atoms with Crippen LogP contribution in [0.2, 0.25) is 0 Å². The normalized spacial score (nSPS) is 15.1. The lowest BCUT2D eigenvalue weighted by Crippen LogP contribution is -2.29. The number of fused-ring (bicyclic) bond motifs is 1. The van der Waals surface area contributed by atoms with E-state index in [-0.39, 0.29) is 11.3 Å². The number of nitrogens with one attached hydrogen (secondary N) is 3. The standard InChI is InChI=1S/C20H22N4O/c1-20(7-8-20)19(25)23-13-17-10-14-5-6-15(11-18(14)24-17)22-12-16-4-2-3-9-21-16/h2-6,9-11,22,24H,7-8,12-13H2,1H3,(H,23,25). The number of carbonyl (C=O) groups is 1. The number of aromatic nitrogens is 2. The van der Waals surface area contributed by atoms with Crippen molar-refractivity contribution in [3.05, 3.63) is 60.0 Å². The molecule has 128 valence electrons. The largest absolute Gasteiger partial charge is 0.379 e. The molecule has 2 aromatic heterocycles. The van der Waals surface area contributed by atoms with Crippen molar-refractivity contribution >= 4 is 22.5 Å². The van der Waals surface area contributed by atoms with Gasteiger partial charge in [0.05, 0.1) is 18.8 Å². The van der Waals surface area contributed by atoms with E-state index in [0.717, 1.165) is 40.8 Å². The molecule has 1 aliphatic rings. The molecule has 2 heterocycles. The van der Waals surface area contributed by atoms with E-state index < -0.39 is 0 Å². The summed E-state index contributed by atoms with van der Waals surface area (Å²) in [5.41, 5.74) is 4.00. The molecule has 1 fully saturated rings. The number of hydrogen-bond acceptors (Lipinski definition) is 3. The van der Waals surface area contributed by atoms with E-state index in [9.17, 15) is 4.79 Å². The minimum absolute atomic E-state index is 0.130. The number of hydrogen-bond donors (Lipinski definition) is 3. The Labute approximate surface area is 146 Å². The van der Waals surface area contributed by atoms with Crippen LogP contribution in [0.15, 0.2) is 48.7 Å². The third kappa shape index (κ3) is 3.50. The Morgan fingerprint density at radius 2 is 2.08 bits per heavy atom. The third-order valence-electron chi connectivity index (χ3n) is 4.87. The highest BCUT2D eigenvalue weighted by Gasteiger charge is 2.44. The zero-order valence-electron chi connectivity index (χ0n) is 14.3.